The van der Waals surface area contributed by atoms with E-state index in [0.717, 1.165) is 16.9 Å². The number of amides is 1. The summed E-state index contributed by atoms with van der Waals surface area (Å²) >= 11 is 5.89. The second-order valence-electron chi connectivity index (χ2n) is 5.03. The molecule has 1 amide bonds. The lowest BCUT2D eigenvalue weighted by atomic mass is 10.3. The van der Waals surface area contributed by atoms with Gasteiger partial charge in [-0.2, -0.15) is 5.10 Å². The average Bonchev–Trinajstić information content (AvgIpc) is 3.09. The second kappa shape index (κ2) is 4.96. The van der Waals surface area contributed by atoms with Crippen LogP contribution in [0.4, 0.5) is 5.69 Å². The molecule has 0 saturated heterocycles. The Hall–Kier alpha value is -2.66. The van der Waals surface area contributed by atoms with Crippen LogP contribution in [0.15, 0.2) is 55.0 Å². The minimum absolute atomic E-state index is 0.101. The molecule has 4 rings (SSSR count). The number of halogens is 1. The molecule has 3 heterocycles. The highest BCUT2D eigenvalue weighted by molar-refractivity contribution is 6.30. The van der Waals surface area contributed by atoms with Gasteiger partial charge in [-0.3, -0.25) is 9.78 Å². The first-order valence-corrected chi connectivity index (χ1v) is 7.16. The summed E-state index contributed by atoms with van der Waals surface area (Å²) in [7, 11) is 0. The standard InChI is InChI=1S/C16H11ClN4O/c17-12-3-5-13(6-4-12)21-10-11-9-20(16(22)15(11)19-21)14-2-1-7-18-8-14/h1-8,10H,9H2. The van der Waals surface area contributed by atoms with Crippen LogP contribution >= 0.6 is 11.6 Å². The van der Waals surface area contributed by atoms with Crippen molar-refractivity contribution in [3.63, 3.8) is 0 Å². The molecule has 1 aromatic carbocycles. The number of fused-ring (bicyclic) bond motifs is 1. The maximum Gasteiger partial charge on any atom is 0.279 e. The van der Waals surface area contributed by atoms with E-state index >= 15 is 0 Å². The summed E-state index contributed by atoms with van der Waals surface area (Å²) < 4.78 is 1.71. The highest BCUT2D eigenvalue weighted by atomic mass is 35.5. The topological polar surface area (TPSA) is 51.0 Å². The number of pyridine rings is 1. The fraction of sp³-hybridized carbons (Fsp3) is 0.0625. The molecular formula is C16H11ClN4O. The molecule has 3 aromatic rings. The zero-order chi connectivity index (χ0) is 15.1. The molecule has 6 heteroatoms. The van der Waals surface area contributed by atoms with Crippen molar-refractivity contribution in [2.45, 2.75) is 6.54 Å². The number of aromatic nitrogens is 3. The molecule has 0 unspecified atom stereocenters. The number of hydrogen-bond acceptors (Lipinski definition) is 3. The van der Waals surface area contributed by atoms with E-state index in [2.05, 4.69) is 10.1 Å². The van der Waals surface area contributed by atoms with Crippen molar-refractivity contribution in [3.05, 3.63) is 71.3 Å². The van der Waals surface area contributed by atoms with E-state index in [1.165, 1.54) is 0 Å². The van der Waals surface area contributed by atoms with Crippen molar-refractivity contribution in [2.75, 3.05) is 4.90 Å². The molecule has 0 spiro atoms. The number of nitrogens with zero attached hydrogens (tertiary/aromatic N) is 4. The Labute approximate surface area is 131 Å². The fourth-order valence-electron chi connectivity index (χ4n) is 2.52. The predicted molar refractivity (Wildman–Crippen MR) is 83.3 cm³/mol. The predicted octanol–water partition coefficient (Wildman–Crippen LogP) is 3.08. The van der Waals surface area contributed by atoms with Crippen molar-refractivity contribution in [3.8, 4) is 5.69 Å². The third-order valence-corrected chi connectivity index (χ3v) is 3.87. The monoisotopic (exact) mass is 310 g/mol. The van der Waals surface area contributed by atoms with E-state index in [1.54, 1.807) is 34.1 Å². The van der Waals surface area contributed by atoms with Crippen LogP contribution in [0.25, 0.3) is 5.69 Å². The van der Waals surface area contributed by atoms with E-state index in [4.69, 9.17) is 11.6 Å². The molecule has 0 radical (unpaired) electrons. The second-order valence-corrected chi connectivity index (χ2v) is 5.46. The van der Waals surface area contributed by atoms with Gasteiger partial charge in [0.2, 0.25) is 0 Å². The number of carbonyl (C=O) groups is 1. The first kappa shape index (κ1) is 13.0. The maximum atomic E-state index is 12.5. The van der Waals surface area contributed by atoms with Gasteiger partial charge >= 0.3 is 0 Å². The number of anilines is 1. The Bertz CT molecular complexity index is 842. The number of hydrogen-bond donors (Lipinski definition) is 0. The van der Waals surface area contributed by atoms with Crippen LogP contribution in [-0.2, 0) is 6.54 Å². The van der Waals surface area contributed by atoms with Gasteiger partial charge in [0.25, 0.3) is 5.91 Å². The Kier molecular flexibility index (Phi) is 2.94. The van der Waals surface area contributed by atoms with Crippen molar-refractivity contribution >= 4 is 23.2 Å². The first-order chi connectivity index (χ1) is 10.7. The van der Waals surface area contributed by atoms with E-state index in [0.29, 0.717) is 17.3 Å². The maximum absolute atomic E-state index is 12.5. The van der Waals surface area contributed by atoms with Crippen LogP contribution in [0.3, 0.4) is 0 Å². The molecule has 1 aliphatic rings. The Morgan fingerprint density at radius 3 is 2.59 bits per heavy atom. The van der Waals surface area contributed by atoms with Gasteiger partial charge in [0.1, 0.15) is 0 Å². The number of carbonyl (C=O) groups excluding carboxylic acids is 1. The van der Waals surface area contributed by atoms with Gasteiger partial charge < -0.3 is 4.90 Å². The molecule has 108 valence electrons. The number of rotatable bonds is 2. The van der Waals surface area contributed by atoms with Crippen molar-refractivity contribution in [1.29, 1.82) is 0 Å². The third-order valence-electron chi connectivity index (χ3n) is 3.61. The molecule has 0 N–H and O–H groups in total. The average molecular weight is 311 g/mol. The largest absolute Gasteiger partial charge is 0.301 e. The summed E-state index contributed by atoms with van der Waals surface area (Å²) in [5.74, 6) is -0.101. The number of benzene rings is 1. The van der Waals surface area contributed by atoms with Gasteiger partial charge in [-0.05, 0) is 36.4 Å². The Morgan fingerprint density at radius 2 is 1.91 bits per heavy atom. The first-order valence-electron chi connectivity index (χ1n) is 6.79. The Balaban J connectivity index is 1.67. The molecule has 0 bridgehead atoms. The lowest BCUT2D eigenvalue weighted by Gasteiger charge is -2.15. The van der Waals surface area contributed by atoms with Crippen LogP contribution in [0.2, 0.25) is 5.02 Å². The lowest BCUT2D eigenvalue weighted by molar-refractivity contribution is 0.0991. The van der Waals surface area contributed by atoms with E-state index in [1.807, 2.05) is 30.5 Å². The van der Waals surface area contributed by atoms with Gasteiger partial charge in [-0.25, -0.2) is 4.68 Å². The normalized spacial score (nSPS) is 13.5. The minimum atomic E-state index is -0.101. The highest BCUT2D eigenvalue weighted by Gasteiger charge is 2.32. The molecular weight excluding hydrogens is 300 g/mol. The zero-order valence-electron chi connectivity index (χ0n) is 11.5. The van der Waals surface area contributed by atoms with Crippen molar-refractivity contribution in [1.82, 2.24) is 14.8 Å². The van der Waals surface area contributed by atoms with Crippen LogP contribution in [0, 0.1) is 0 Å². The lowest BCUT2D eigenvalue weighted by Crippen LogP contribution is -2.24. The summed E-state index contributed by atoms with van der Waals surface area (Å²) in [6, 6.07) is 11.0. The van der Waals surface area contributed by atoms with Crippen molar-refractivity contribution < 1.29 is 4.79 Å². The molecule has 1 aliphatic heterocycles. The van der Waals surface area contributed by atoms with E-state index in [9.17, 15) is 4.79 Å². The fourth-order valence-corrected chi connectivity index (χ4v) is 2.65. The quantitative estimate of drug-likeness (QED) is 0.731. The highest BCUT2D eigenvalue weighted by Crippen LogP contribution is 2.27. The van der Waals surface area contributed by atoms with Crippen LogP contribution < -0.4 is 4.90 Å². The summed E-state index contributed by atoms with van der Waals surface area (Å²) in [6.07, 6.45) is 5.24. The van der Waals surface area contributed by atoms with Gasteiger partial charge in [-0.15, -0.1) is 0 Å². The molecule has 0 atom stereocenters. The zero-order valence-corrected chi connectivity index (χ0v) is 12.2. The van der Waals surface area contributed by atoms with Gasteiger partial charge in [-0.1, -0.05) is 11.6 Å². The molecule has 2 aromatic heterocycles. The Morgan fingerprint density at radius 1 is 1.09 bits per heavy atom. The van der Waals surface area contributed by atoms with Gasteiger partial charge in [0, 0.05) is 23.0 Å². The molecule has 22 heavy (non-hydrogen) atoms. The van der Waals surface area contributed by atoms with E-state index in [-0.39, 0.29) is 5.91 Å². The van der Waals surface area contributed by atoms with Crippen molar-refractivity contribution in [2.24, 2.45) is 0 Å². The summed E-state index contributed by atoms with van der Waals surface area (Å²) in [4.78, 5) is 18.2. The summed E-state index contributed by atoms with van der Waals surface area (Å²) in [5.41, 5.74) is 3.05. The van der Waals surface area contributed by atoms with Crippen LogP contribution in [-0.4, -0.2) is 20.7 Å². The van der Waals surface area contributed by atoms with Gasteiger partial charge in [0.15, 0.2) is 5.69 Å². The van der Waals surface area contributed by atoms with Crippen LogP contribution in [0.1, 0.15) is 16.1 Å². The van der Waals surface area contributed by atoms with E-state index < -0.39 is 0 Å². The summed E-state index contributed by atoms with van der Waals surface area (Å²) in [6.45, 7) is 0.507. The molecule has 0 aliphatic carbocycles. The van der Waals surface area contributed by atoms with Crippen LogP contribution in [0.5, 0.6) is 0 Å². The SMILES string of the molecule is O=C1c2nn(-c3ccc(Cl)cc3)cc2CN1c1cccnc1. The third kappa shape index (κ3) is 2.07. The molecule has 5 nitrogen and oxygen atoms in total. The smallest absolute Gasteiger partial charge is 0.279 e. The summed E-state index contributed by atoms with van der Waals surface area (Å²) in [5, 5.41) is 5.08. The minimum Gasteiger partial charge on any atom is -0.301 e. The van der Waals surface area contributed by atoms with Gasteiger partial charge in [0.05, 0.1) is 24.1 Å². The molecule has 0 saturated carbocycles. The molecule has 0 fully saturated rings.